The van der Waals surface area contributed by atoms with Gasteiger partial charge in [-0.2, -0.15) is 0 Å². The normalized spacial score (nSPS) is 44.9. The van der Waals surface area contributed by atoms with Crippen molar-refractivity contribution < 1.29 is 13.6 Å². The lowest BCUT2D eigenvalue weighted by Crippen LogP contribution is -2.48. The fourth-order valence-corrected chi connectivity index (χ4v) is 3.70. The number of hydrogen-bond donors (Lipinski definition) is 1. The number of primary amides is 1. The molecule has 2 aliphatic heterocycles. The number of rotatable bonds is 2. The zero-order chi connectivity index (χ0) is 11.6. The summed E-state index contributed by atoms with van der Waals surface area (Å²) in [5, 5.41) is 0. The van der Waals surface area contributed by atoms with Gasteiger partial charge < -0.3 is 5.73 Å². The minimum absolute atomic E-state index is 0.0530. The van der Waals surface area contributed by atoms with Crippen molar-refractivity contribution in [3.63, 3.8) is 0 Å². The van der Waals surface area contributed by atoms with Gasteiger partial charge in [0.15, 0.2) is 0 Å². The Balaban J connectivity index is 1.75. The Bertz CT molecular complexity index is 331. The number of hydrogen-bond acceptors (Lipinski definition) is 2. The SMILES string of the molecule is NC(=O)CN1C2CCC1CC1(C2)CC1(F)F. The zero-order valence-electron chi connectivity index (χ0n) is 9.09. The molecule has 3 nitrogen and oxygen atoms in total. The molecule has 3 fully saturated rings. The van der Waals surface area contributed by atoms with E-state index in [0.717, 1.165) is 12.8 Å². The second kappa shape index (κ2) is 2.94. The highest BCUT2D eigenvalue weighted by Gasteiger charge is 2.73. The molecule has 1 spiro atoms. The summed E-state index contributed by atoms with van der Waals surface area (Å²) in [6.07, 6.45) is 3.02. The molecule has 2 atom stereocenters. The minimum atomic E-state index is -2.45. The van der Waals surface area contributed by atoms with Crippen LogP contribution >= 0.6 is 0 Å². The van der Waals surface area contributed by atoms with E-state index >= 15 is 0 Å². The fraction of sp³-hybridized carbons (Fsp3) is 0.909. The number of halogens is 2. The predicted octanol–water partition coefficient (Wildman–Crippen LogP) is 1.12. The number of carbonyl (C=O) groups is 1. The van der Waals surface area contributed by atoms with Gasteiger partial charge in [0.25, 0.3) is 5.92 Å². The Morgan fingerprint density at radius 3 is 2.19 bits per heavy atom. The van der Waals surface area contributed by atoms with Crippen molar-refractivity contribution >= 4 is 5.91 Å². The van der Waals surface area contributed by atoms with E-state index < -0.39 is 11.3 Å². The zero-order valence-corrected chi connectivity index (χ0v) is 9.09. The summed E-state index contributed by atoms with van der Waals surface area (Å²) in [7, 11) is 0. The third kappa shape index (κ3) is 1.30. The lowest BCUT2D eigenvalue weighted by molar-refractivity contribution is -0.120. The topological polar surface area (TPSA) is 46.3 Å². The van der Waals surface area contributed by atoms with Gasteiger partial charge in [0, 0.05) is 23.9 Å². The third-order valence-corrected chi connectivity index (χ3v) is 4.57. The van der Waals surface area contributed by atoms with Gasteiger partial charge in [0.1, 0.15) is 0 Å². The second-order valence-corrected chi connectivity index (χ2v) is 5.59. The summed E-state index contributed by atoms with van der Waals surface area (Å²) in [4.78, 5) is 13.0. The van der Waals surface area contributed by atoms with Gasteiger partial charge in [-0.25, -0.2) is 8.78 Å². The van der Waals surface area contributed by atoms with Gasteiger partial charge >= 0.3 is 0 Å². The summed E-state index contributed by atoms with van der Waals surface area (Å²) in [5.41, 5.74) is 4.45. The fourth-order valence-electron chi connectivity index (χ4n) is 3.70. The highest BCUT2D eigenvalue weighted by atomic mass is 19.3. The van der Waals surface area contributed by atoms with Gasteiger partial charge in [-0.05, 0) is 25.7 Å². The molecular formula is C11H16F2N2O. The van der Waals surface area contributed by atoms with Gasteiger partial charge in [-0.3, -0.25) is 9.69 Å². The first-order valence-electron chi connectivity index (χ1n) is 5.85. The molecule has 90 valence electrons. The van der Waals surface area contributed by atoms with E-state index in [1.165, 1.54) is 0 Å². The monoisotopic (exact) mass is 230 g/mol. The maximum absolute atomic E-state index is 13.3. The minimum Gasteiger partial charge on any atom is -0.369 e. The summed E-state index contributed by atoms with van der Waals surface area (Å²) in [6.45, 7) is 0.233. The molecule has 2 heterocycles. The molecule has 1 amide bonds. The van der Waals surface area contributed by atoms with Crippen LogP contribution < -0.4 is 5.73 Å². The molecule has 2 saturated heterocycles. The highest BCUT2D eigenvalue weighted by Crippen LogP contribution is 2.69. The molecule has 0 radical (unpaired) electrons. The van der Waals surface area contributed by atoms with E-state index in [1.807, 2.05) is 4.90 Å². The number of nitrogens with two attached hydrogens (primary N) is 1. The van der Waals surface area contributed by atoms with Gasteiger partial charge in [-0.15, -0.1) is 0 Å². The summed E-state index contributed by atoms with van der Waals surface area (Å²) in [5.74, 6) is -2.80. The predicted molar refractivity (Wildman–Crippen MR) is 53.9 cm³/mol. The van der Waals surface area contributed by atoms with E-state index in [2.05, 4.69) is 0 Å². The molecule has 3 aliphatic rings. The summed E-state index contributed by atoms with van der Waals surface area (Å²) < 4.78 is 26.7. The number of amides is 1. The average Bonchev–Trinajstić information content (AvgIpc) is 2.59. The van der Waals surface area contributed by atoms with Crippen LogP contribution in [-0.2, 0) is 4.79 Å². The number of alkyl halides is 2. The first kappa shape index (κ1) is 10.4. The lowest BCUT2D eigenvalue weighted by Gasteiger charge is -2.38. The van der Waals surface area contributed by atoms with Crippen molar-refractivity contribution in [2.75, 3.05) is 6.54 Å². The van der Waals surface area contributed by atoms with Crippen molar-refractivity contribution in [3.8, 4) is 0 Å². The Labute approximate surface area is 93.0 Å². The van der Waals surface area contributed by atoms with Crippen LogP contribution in [-0.4, -0.2) is 35.4 Å². The summed E-state index contributed by atoms with van der Waals surface area (Å²) >= 11 is 0. The Hall–Kier alpha value is -0.710. The van der Waals surface area contributed by atoms with E-state index in [9.17, 15) is 13.6 Å². The summed E-state index contributed by atoms with van der Waals surface area (Å²) in [6, 6.07) is 0.305. The highest BCUT2D eigenvalue weighted by molar-refractivity contribution is 5.76. The smallest absolute Gasteiger partial charge is 0.254 e. The maximum atomic E-state index is 13.3. The van der Waals surface area contributed by atoms with Crippen molar-refractivity contribution in [1.82, 2.24) is 4.90 Å². The first-order chi connectivity index (χ1) is 7.44. The Morgan fingerprint density at radius 1 is 1.31 bits per heavy atom. The molecular weight excluding hydrogens is 214 g/mol. The standard InChI is InChI=1S/C11H16F2N2O/c12-11(13)6-10(11)3-7-1-2-8(4-10)15(7)5-9(14)16/h7-8H,1-6H2,(H2,14,16). The van der Waals surface area contributed by atoms with E-state index in [1.54, 1.807) is 0 Å². The van der Waals surface area contributed by atoms with E-state index in [0.29, 0.717) is 12.8 Å². The molecule has 2 unspecified atom stereocenters. The van der Waals surface area contributed by atoms with E-state index in [-0.39, 0.29) is 31.0 Å². The number of fused-ring (bicyclic) bond motifs is 2. The first-order valence-corrected chi connectivity index (χ1v) is 5.85. The average molecular weight is 230 g/mol. The van der Waals surface area contributed by atoms with Crippen molar-refractivity contribution in [2.24, 2.45) is 11.1 Å². The van der Waals surface area contributed by atoms with Gasteiger partial charge in [0.05, 0.1) is 6.54 Å². The van der Waals surface area contributed by atoms with Crippen LogP contribution in [0.25, 0.3) is 0 Å². The van der Waals surface area contributed by atoms with Crippen LogP contribution in [0, 0.1) is 5.41 Å². The third-order valence-electron chi connectivity index (χ3n) is 4.57. The largest absolute Gasteiger partial charge is 0.369 e. The quantitative estimate of drug-likeness (QED) is 0.772. The van der Waals surface area contributed by atoms with Crippen molar-refractivity contribution in [3.05, 3.63) is 0 Å². The molecule has 0 aromatic rings. The van der Waals surface area contributed by atoms with Crippen LogP contribution in [0.15, 0.2) is 0 Å². The lowest BCUT2D eigenvalue weighted by atomic mass is 9.87. The van der Waals surface area contributed by atoms with Crippen LogP contribution in [0.1, 0.15) is 32.1 Å². The van der Waals surface area contributed by atoms with Crippen LogP contribution in [0.2, 0.25) is 0 Å². The van der Waals surface area contributed by atoms with Crippen LogP contribution in [0.4, 0.5) is 8.78 Å². The van der Waals surface area contributed by atoms with Crippen molar-refractivity contribution in [1.29, 1.82) is 0 Å². The Kier molecular flexibility index (Phi) is 1.92. The second-order valence-electron chi connectivity index (χ2n) is 5.59. The van der Waals surface area contributed by atoms with Crippen LogP contribution in [0.3, 0.4) is 0 Å². The molecule has 1 saturated carbocycles. The number of nitrogens with zero attached hydrogens (tertiary/aromatic N) is 1. The van der Waals surface area contributed by atoms with Gasteiger partial charge in [0.2, 0.25) is 5.91 Å². The molecule has 0 aromatic heterocycles. The van der Waals surface area contributed by atoms with Crippen LogP contribution in [0.5, 0.6) is 0 Å². The molecule has 2 N–H and O–H groups in total. The Morgan fingerprint density at radius 2 is 1.81 bits per heavy atom. The van der Waals surface area contributed by atoms with E-state index in [4.69, 9.17) is 5.73 Å². The molecule has 3 rings (SSSR count). The number of carbonyl (C=O) groups excluding carboxylic acids is 1. The van der Waals surface area contributed by atoms with Gasteiger partial charge in [-0.1, -0.05) is 0 Å². The maximum Gasteiger partial charge on any atom is 0.254 e. The van der Waals surface area contributed by atoms with Crippen molar-refractivity contribution in [2.45, 2.75) is 50.1 Å². The molecule has 1 aliphatic carbocycles. The molecule has 0 aromatic carbocycles. The number of piperidine rings is 1. The molecule has 2 bridgehead atoms. The molecule has 16 heavy (non-hydrogen) atoms. The molecule has 5 heteroatoms.